The van der Waals surface area contributed by atoms with Gasteiger partial charge in [0.1, 0.15) is 29.3 Å². The summed E-state index contributed by atoms with van der Waals surface area (Å²) >= 11 is 1.90. The molecule has 4 aromatic rings. The average Bonchev–Trinajstić information content (AvgIpc) is 4.12. The molecule has 2 aromatic carbocycles. The first-order chi connectivity index (χ1) is 36.2. The Hall–Kier alpha value is -6.25. The third-order valence-corrected chi connectivity index (χ3v) is 15.9. The predicted octanol–water partition coefficient (Wildman–Crippen LogP) is 5.40. The van der Waals surface area contributed by atoms with Crippen LogP contribution in [0.15, 0.2) is 73.1 Å². The molecule has 74 heavy (non-hydrogen) atoms. The molecule has 0 unspecified atom stereocenters. The van der Waals surface area contributed by atoms with Gasteiger partial charge in [0.15, 0.2) is 5.65 Å². The van der Waals surface area contributed by atoms with Gasteiger partial charge >= 0.3 is 6.03 Å². The molecule has 6 heterocycles. The highest BCUT2D eigenvalue weighted by molar-refractivity contribution is 8.00. The Balaban J connectivity index is 0.623. The highest BCUT2D eigenvalue weighted by atomic mass is 32.2. The molecule has 4 fully saturated rings. The Labute approximate surface area is 438 Å². The fraction of sp³-hybridized carbons (Fsp3) is 0.556. The highest BCUT2D eigenvalue weighted by Gasteiger charge is 2.42. The van der Waals surface area contributed by atoms with Crippen molar-refractivity contribution in [2.24, 2.45) is 0 Å². The van der Waals surface area contributed by atoms with E-state index in [4.69, 9.17) is 15.6 Å². The number of piperidine rings is 1. The van der Waals surface area contributed by atoms with E-state index in [-0.39, 0.29) is 47.8 Å². The van der Waals surface area contributed by atoms with Gasteiger partial charge in [-0.2, -0.15) is 16.9 Å². The van der Waals surface area contributed by atoms with E-state index < -0.39 is 0 Å². The van der Waals surface area contributed by atoms with Crippen LogP contribution in [0, 0.1) is 0 Å². The maximum atomic E-state index is 13.5. The van der Waals surface area contributed by atoms with Crippen molar-refractivity contribution in [3.8, 4) is 22.8 Å². The number of nitrogen functional groups attached to an aromatic ring is 1. The molecule has 6 amide bonds. The number of carbonyl (C=O) groups is 5. The summed E-state index contributed by atoms with van der Waals surface area (Å²) in [5, 5.41) is 21.2. The van der Waals surface area contributed by atoms with Crippen molar-refractivity contribution in [1.82, 2.24) is 61.0 Å². The van der Waals surface area contributed by atoms with E-state index >= 15 is 0 Å². The lowest BCUT2D eigenvalue weighted by atomic mass is 10.0. The second kappa shape index (κ2) is 27.9. The van der Waals surface area contributed by atoms with E-state index in [1.807, 2.05) is 82.0 Å². The quantitative estimate of drug-likeness (QED) is 0.0250. The van der Waals surface area contributed by atoms with Crippen molar-refractivity contribution in [1.29, 1.82) is 0 Å². The van der Waals surface area contributed by atoms with Crippen molar-refractivity contribution in [3.63, 3.8) is 0 Å². The number of nitrogens with zero attached hydrogens (tertiary/aromatic N) is 7. The van der Waals surface area contributed by atoms with Gasteiger partial charge in [-0.3, -0.25) is 29.0 Å². The number of unbranched alkanes of at least 4 members (excludes halogenated alkanes) is 5. The third kappa shape index (κ3) is 15.9. The molecule has 2 aromatic heterocycles. The number of ether oxygens (including phenoxy) is 1. The van der Waals surface area contributed by atoms with Gasteiger partial charge in [0.25, 0.3) is 0 Å². The van der Waals surface area contributed by atoms with Gasteiger partial charge in [-0.15, -0.1) is 0 Å². The smallest absolute Gasteiger partial charge is 0.315 e. The average molecular weight is 1030 g/mol. The van der Waals surface area contributed by atoms with Gasteiger partial charge in [-0.25, -0.2) is 19.4 Å². The number of carbonyl (C=O) groups excluding carboxylic acids is 5. The first kappa shape index (κ1) is 54.0. The number of urea groups is 1. The predicted molar refractivity (Wildman–Crippen MR) is 288 cm³/mol. The van der Waals surface area contributed by atoms with Crippen LogP contribution >= 0.6 is 11.8 Å². The van der Waals surface area contributed by atoms with Crippen molar-refractivity contribution in [2.75, 3.05) is 83.5 Å². The first-order valence-corrected chi connectivity index (χ1v) is 27.9. The van der Waals surface area contributed by atoms with Crippen LogP contribution < -0.4 is 37.1 Å². The van der Waals surface area contributed by atoms with Crippen LogP contribution in [0.3, 0.4) is 0 Å². The van der Waals surface area contributed by atoms with E-state index in [0.29, 0.717) is 92.1 Å². The van der Waals surface area contributed by atoms with Crippen LogP contribution in [0.1, 0.15) is 95.9 Å². The molecule has 4 aliphatic heterocycles. The molecule has 4 aliphatic rings. The molecule has 0 saturated carbocycles. The number of nitrogens with two attached hydrogens (primary N) is 1. The van der Waals surface area contributed by atoms with Gasteiger partial charge in [0.2, 0.25) is 23.6 Å². The SMILES string of the molecule is Nc1ncnc2c1c(-c1ccc(Oc3ccccc3)cc1)nn2[C@@H]1CCCN(C(=O)C=CCN2CCN(CCNC(=O)CCCCCNC(=O)CCCCCNC(=O)CCCC[C@@H]3SC[C@@H]4NC(=O)N[C@@H]43)CC2)C1. The van der Waals surface area contributed by atoms with Crippen molar-refractivity contribution >= 4 is 58.3 Å². The lowest BCUT2D eigenvalue weighted by Gasteiger charge is -2.34. The summed E-state index contributed by atoms with van der Waals surface area (Å²) in [5.74, 6) is 2.96. The number of amides is 6. The number of rotatable bonds is 27. The largest absolute Gasteiger partial charge is 0.457 e. The summed E-state index contributed by atoms with van der Waals surface area (Å²) in [7, 11) is 0. The van der Waals surface area contributed by atoms with Gasteiger partial charge in [-0.05, 0) is 87.8 Å². The lowest BCUT2D eigenvalue weighted by Crippen LogP contribution is -2.48. The summed E-state index contributed by atoms with van der Waals surface area (Å²) < 4.78 is 7.92. The topological polar surface area (TPSA) is 234 Å². The summed E-state index contributed by atoms with van der Waals surface area (Å²) in [6, 6.07) is 17.7. The maximum absolute atomic E-state index is 13.5. The summed E-state index contributed by atoms with van der Waals surface area (Å²) in [5.41, 5.74) is 8.64. The van der Waals surface area contributed by atoms with Crippen LogP contribution in [0.2, 0.25) is 0 Å². The Morgan fingerprint density at radius 2 is 1.42 bits per heavy atom. The molecule has 19 nitrogen and oxygen atoms in total. The molecule has 4 saturated heterocycles. The number of fused-ring (bicyclic) bond motifs is 2. The fourth-order valence-corrected chi connectivity index (χ4v) is 11.8. The molecule has 0 radical (unpaired) electrons. The van der Waals surface area contributed by atoms with Crippen LogP contribution in [-0.2, 0) is 19.2 Å². The molecule has 0 aliphatic carbocycles. The number of anilines is 1. The minimum Gasteiger partial charge on any atom is -0.457 e. The molecule has 8 rings (SSSR count). The van der Waals surface area contributed by atoms with E-state index in [9.17, 15) is 24.0 Å². The summed E-state index contributed by atoms with van der Waals surface area (Å²) in [6.45, 7) is 8.14. The number of thioether (sulfide) groups is 1. The Morgan fingerprint density at radius 3 is 2.14 bits per heavy atom. The number of hydrogen-bond donors (Lipinski definition) is 6. The summed E-state index contributed by atoms with van der Waals surface area (Å²) in [6.07, 6.45) is 16.2. The molecule has 398 valence electrons. The fourth-order valence-electron chi connectivity index (χ4n) is 10.2. The van der Waals surface area contributed by atoms with E-state index in [1.165, 1.54) is 6.33 Å². The number of benzene rings is 2. The van der Waals surface area contributed by atoms with Crippen LogP contribution in [-0.4, -0.2) is 159 Å². The zero-order valence-electron chi connectivity index (χ0n) is 42.7. The standard InChI is InChI=1S/C54H75N13O6S/c55-52-49-50(39-22-24-42(25-23-39)73-41-15-4-1-5-16-41)63-67(53(49)60-38-59-52)40-14-12-30-66(36-40)48(71)21-13-29-64-32-34-65(35-33-64)31-28-58-47(70)19-7-3-11-26-56-45(68)18-6-2-10-27-57-46(69)20-9-8-17-44-51-43(37-74-44)61-54(72)62-51/h1,4-5,13,15-16,21-25,38,40,43-44,51H,2-3,6-12,14,17-20,26-37H2,(H,56,68)(H,57,69)(H,58,70)(H2,55,59,60)(H2,61,62,72)/t40-,43+,44+,51+/m1/s1. The molecule has 20 heteroatoms. The number of para-hydroxylation sites is 1. The van der Waals surface area contributed by atoms with Gasteiger partial charge in [-0.1, -0.05) is 43.5 Å². The monoisotopic (exact) mass is 1030 g/mol. The molecule has 4 atom stereocenters. The van der Waals surface area contributed by atoms with Crippen LogP contribution in [0.25, 0.3) is 22.3 Å². The van der Waals surface area contributed by atoms with Crippen molar-refractivity contribution < 1.29 is 28.7 Å². The Morgan fingerprint density at radius 1 is 0.757 bits per heavy atom. The Kier molecular flexibility index (Phi) is 20.3. The zero-order chi connectivity index (χ0) is 51.5. The number of likely N-dealkylation sites (tertiary alicyclic amines) is 1. The number of aromatic nitrogens is 4. The highest BCUT2D eigenvalue weighted by Crippen LogP contribution is 2.36. The van der Waals surface area contributed by atoms with Gasteiger partial charge in [0, 0.05) is 114 Å². The number of nitrogens with one attached hydrogen (secondary N) is 5. The molecule has 7 N–H and O–H groups in total. The zero-order valence-corrected chi connectivity index (χ0v) is 43.5. The van der Waals surface area contributed by atoms with Gasteiger partial charge < -0.3 is 42.0 Å². The number of piperazine rings is 1. The molecular formula is C54H75N13O6S. The van der Waals surface area contributed by atoms with Crippen LogP contribution in [0.5, 0.6) is 11.5 Å². The maximum Gasteiger partial charge on any atom is 0.315 e. The van der Waals surface area contributed by atoms with Crippen molar-refractivity contribution in [3.05, 3.63) is 73.1 Å². The van der Waals surface area contributed by atoms with E-state index in [2.05, 4.69) is 46.4 Å². The Bertz CT molecular complexity index is 2500. The minimum atomic E-state index is -0.0697. The molecular weight excluding hydrogens is 959 g/mol. The molecule has 0 spiro atoms. The van der Waals surface area contributed by atoms with E-state index in [0.717, 1.165) is 120 Å². The second-order valence-electron chi connectivity index (χ2n) is 19.9. The minimum absolute atomic E-state index is 0.00861. The van der Waals surface area contributed by atoms with Crippen molar-refractivity contribution in [2.45, 2.75) is 113 Å². The second-order valence-corrected chi connectivity index (χ2v) is 21.1. The van der Waals surface area contributed by atoms with E-state index in [1.54, 1.807) is 6.08 Å². The normalized spacial score (nSPS) is 20.1. The molecule has 0 bridgehead atoms. The van der Waals surface area contributed by atoms with Crippen LogP contribution in [0.4, 0.5) is 10.6 Å². The first-order valence-electron chi connectivity index (χ1n) is 26.9. The third-order valence-electron chi connectivity index (χ3n) is 14.4. The van der Waals surface area contributed by atoms with Gasteiger partial charge in [0.05, 0.1) is 23.5 Å². The lowest BCUT2D eigenvalue weighted by molar-refractivity contribution is -0.127. The summed E-state index contributed by atoms with van der Waals surface area (Å²) in [4.78, 5) is 77.5. The number of hydrogen-bond acceptors (Lipinski definition) is 13.